The fourth-order valence-corrected chi connectivity index (χ4v) is 1.53. The van der Waals surface area contributed by atoms with Crippen molar-refractivity contribution in [1.82, 2.24) is 5.32 Å². The van der Waals surface area contributed by atoms with E-state index in [1.165, 1.54) is 17.8 Å². The average molecular weight is 253 g/mol. The van der Waals surface area contributed by atoms with Crippen molar-refractivity contribution in [2.24, 2.45) is 0 Å². The number of rotatable bonds is 6. The van der Waals surface area contributed by atoms with Gasteiger partial charge in [0.25, 0.3) is 5.91 Å². The van der Waals surface area contributed by atoms with Gasteiger partial charge < -0.3 is 14.8 Å². The molecular formula is C11H11NO4S. The Hall–Kier alpha value is -1.87. The SMILES string of the molecule is C#CCSCCNC(=O)c1cc(C(=O)O)co1. The van der Waals surface area contributed by atoms with E-state index in [-0.39, 0.29) is 11.3 Å². The highest BCUT2D eigenvalue weighted by atomic mass is 32.2. The number of carbonyl (C=O) groups is 2. The Morgan fingerprint density at radius 1 is 1.59 bits per heavy atom. The summed E-state index contributed by atoms with van der Waals surface area (Å²) in [5.41, 5.74) is -0.0446. The van der Waals surface area contributed by atoms with Crippen molar-refractivity contribution in [3.8, 4) is 12.3 Å². The number of hydrogen-bond donors (Lipinski definition) is 2. The van der Waals surface area contributed by atoms with Crippen LogP contribution in [0, 0.1) is 12.3 Å². The molecule has 0 spiro atoms. The van der Waals surface area contributed by atoms with Crippen molar-refractivity contribution in [2.75, 3.05) is 18.1 Å². The molecule has 0 fully saturated rings. The molecule has 1 aromatic rings. The van der Waals surface area contributed by atoms with Gasteiger partial charge in [0.1, 0.15) is 6.26 Å². The van der Waals surface area contributed by atoms with E-state index in [0.29, 0.717) is 18.1 Å². The van der Waals surface area contributed by atoms with Gasteiger partial charge in [-0.15, -0.1) is 18.2 Å². The predicted molar refractivity (Wildman–Crippen MR) is 64.2 cm³/mol. The van der Waals surface area contributed by atoms with Crippen molar-refractivity contribution in [2.45, 2.75) is 0 Å². The first kappa shape index (κ1) is 13.2. The molecular weight excluding hydrogens is 242 g/mol. The number of carboxylic acids is 1. The van der Waals surface area contributed by atoms with Gasteiger partial charge >= 0.3 is 5.97 Å². The number of carbonyl (C=O) groups excluding carboxylic acids is 1. The molecule has 5 nitrogen and oxygen atoms in total. The zero-order valence-corrected chi connectivity index (χ0v) is 9.75. The van der Waals surface area contributed by atoms with Crippen LogP contribution in [0.5, 0.6) is 0 Å². The van der Waals surface area contributed by atoms with Gasteiger partial charge in [-0.25, -0.2) is 4.79 Å². The molecule has 1 rings (SSSR count). The lowest BCUT2D eigenvalue weighted by Gasteiger charge is -2.00. The second-order valence-electron chi connectivity index (χ2n) is 3.02. The van der Waals surface area contributed by atoms with E-state index < -0.39 is 11.9 Å². The normalized spacial score (nSPS) is 9.59. The van der Waals surface area contributed by atoms with Crippen molar-refractivity contribution >= 4 is 23.6 Å². The summed E-state index contributed by atoms with van der Waals surface area (Å²) in [6.45, 7) is 0.453. The largest absolute Gasteiger partial charge is 0.478 e. The van der Waals surface area contributed by atoms with Crippen LogP contribution in [0.4, 0.5) is 0 Å². The van der Waals surface area contributed by atoms with Crippen molar-refractivity contribution in [1.29, 1.82) is 0 Å². The monoisotopic (exact) mass is 253 g/mol. The highest BCUT2D eigenvalue weighted by molar-refractivity contribution is 7.99. The summed E-state index contributed by atoms with van der Waals surface area (Å²) < 4.78 is 4.83. The molecule has 1 aromatic heterocycles. The Labute approximate surface area is 103 Å². The van der Waals surface area contributed by atoms with E-state index in [0.717, 1.165) is 6.26 Å². The van der Waals surface area contributed by atoms with Crippen molar-refractivity contribution in [3.05, 3.63) is 23.7 Å². The lowest BCUT2D eigenvalue weighted by Crippen LogP contribution is -2.25. The van der Waals surface area contributed by atoms with E-state index in [4.69, 9.17) is 15.9 Å². The number of thioether (sulfide) groups is 1. The molecule has 17 heavy (non-hydrogen) atoms. The number of amides is 1. The van der Waals surface area contributed by atoms with Crippen LogP contribution in [0.2, 0.25) is 0 Å². The molecule has 2 N–H and O–H groups in total. The number of aromatic carboxylic acids is 1. The zero-order valence-electron chi connectivity index (χ0n) is 8.93. The zero-order chi connectivity index (χ0) is 12.7. The molecule has 1 amide bonds. The molecule has 6 heteroatoms. The maximum atomic E-state index is 11.5. The first-order valence-electron chi connectivity index (χ1n) is 4.76. The third-order valence-electron chi connectivity index (χ3n) is 1.79. The summed E-state index contributed by atoms with van der Waals surface area (Å²) in [6.07, 6.45) is 6.10. The minimum absolute atomic E-state index is 0.00986. The molecule has 0 saturated carbocycles. The molecule has 1 heterocycles. The Morgan fingerprint density at radius 2 is 2.35 bits per heavy atom. The number of carboxylic acid groups (broad SMARTS) is 1. The summed E-state index contributed by atoms with van der Waals surface area (Å²) in [4.78, 5) is 22.0. The molecule has 0 radical (unpaired) electrons. The lowest BCUT2D eigenvalue weighted by molar-refractivity contribution is 0.0696. The van der Waals surface area contributed by atoms with Crippen LogP contribution in [0.15, 0.2) is 16.7 Å². The number of furan rings is 1. The van der Waals surface area contributed by atoms with Crippen molar-refractivity contribution in [3.63, 3.8) is 0 Å². The van der Waals surface area contributed by atoms with Gasteiger partial charge in [-0.2, -0.15) is 0 Å². The standard InChI is InChI=1S/C11H11NO4S/c1-2-4-17-5-3-12-10(13)9-6-8(7-16-9)11(14)15/h1,6-7H,3-5H2,(H,12,13)(H,14,15). The van der Waals surface area contributed by atoms with E-state index >= 15 is 0 Å². The van der Waals surface area contributed by atoms with E-state index in [1.807, 2.05) is 0 Å². The van der Waals surface area contributed by atoms with Crippen LogP contribution >= 0.6 is 11.8 Å². The van der Waals surface area contributed by atoms with Gasteiger partial charge in [0, 0.05) is 18.4 Å². The summed E-state index contributed by atoms with van der Waals surface area (Å²) in [7, 11) is 0. The van der Waals surface area contributed by atoms with Crippen LogP contribution in [0.3, 0.4) is 0 Å². The minimum atomic E-state index is -1.13. The first-order valence-corrected chi connectivity index (χ1v) is 5.92. The van der Waals surface area contributed by atoms with Gasteiger partial charge in [-0.3, -0.25) is 4.79 Å². The van der Waals surface area contributed by atoms with Gasteiger partial charge in [-0.05, 0) is 0 Å². The fraction of sp³-hybridized carbons (Fsp3) is 0.273. The molecule has 90 valence electrons. The number of terminal acetylenes is 1. The quantitative estimate of drug-likeness (QED) is 0.585. The van der Waals surface area contributed by atoms with Crippen LogP contribution < -0.4 is 5.32 Å². The van der Waals surface area contributed by atoms with Gasteiger partial charge in [0.2, 0.25) is 0 Å². The maximum absolute atomic E-state index is 11.5. The number of hydrogen-bond acceptors (Lipinski definition) is 4. The van der Waals surface area contributed by atoms with Crippen LogP contribution in [0.25, 0.3) is 0 Å². The Kier molecular flexibility index (Phi) is 5.17. The van der Waals surface area contributed by atoms with Gasteiger partial charge in [-0.1, -0.05) is 5.92 Å². The second-order valence-corrected chi connectivity index (χ2v) is 4.12. The molecule has 0 atom stereocenters. The highest BCUT2D eigenvalue weighted by Gasteiger charge is 2.13. The molecule has 0 aliphatic carbocycles. The van der Waals surface area contributed by atoms with Crippen LogP contribution in [0.1, 0.15) is 20.9 Å². The summed E-state index contributed by atoms with van der Waals surface area (Å²) in [6, 6.07) is 1.19. The average Bonchev–Trinajstić information content (AvgIpc) is 2.78. The topological polar surface area (TPSA) is 79.5 Å². The third kappa shape index (κ3) is 4.25. The van der Waals surface area contributed by atoms with E-state index in [9.17, 15) is 9.59 Å². The summed E-state index contributed by atoms with van der Waals surface area (Å²) >= 11 is 1.52. The third-order valence-corrected chi connectivity index (χ3v) is 2.65. The fourth-order valence-electron chi connectivity index (χ4n) is 1.02. The maximum Gasteiger partial charge on any atom is 0.338 e. The summed E-state index contributed by atoms with van der Waals surface area (Å²) in [5.74, 6) is 2.19. The molecule has 0 aliphatic heterocycles. The summed E-state index contributed by atoms with van der Waals surface area (Å²) in [5, 5.41) is 11.2. The molecule has 0 aliphatic rings. The lowest BCUT2D eigenvalue weighted by atomic mass is 10.3. The number of nitrogens with one attached hydrogen (secondary N) is 1. The first-order chi connectivity index (χ1) is 8.15. The van der Waals surface area contributed by atoms with E-state index in [1.54, 1.807) is 0 Å². The van der Waals surface area contributed by atoms with Gasteiger partial charge in [0.05, 0.1) is 11.3 Å². The van der Waals surface area contributed by atoms with Gasteiger partial charge in [0.15, 0.2) is 5.76 Å². The molecule has 0 saturated heterocycles. The highest BCUT2D eigenvalue weighted by Crippen LogP contribution is 2.07. The molecule has 0 unspecified atom stereocenters. The Balaban J connectivity index is 2.37. The van der Waals surface area contributed by atoms with E-state index in [2.05, 4.69) is 11.2 Å². The molecule has 0 bridgehead atoms. The smallest absolute Gasteiger partial charge is 0.338 e. The Bertz CT molecular complexity index is 447. The molecule has 0 aromatic carbocycles. The van der Waals surface area contributed by atoms with Crippen molar-refractivity contribution < 1.29 is 19.1 Å². The second kappa shape index (κ2) is 6.66. The minimum Gasteiger partial charge on any atom is -0.478 e. The predicted octanol–water partition coefficient (Wildman–Crippen LogP) is 1.07. The van der Waals surface area contributed by atoms with Crippen LogP contribution in [-0.4, -0.2) is 35.0 Å². The van der Waals surface area contributed by atoms with Crippen LogP contribution in [-0.2, 0) is 0 Å². The Morgan fingerprint density at radius 3 is 2.94 bits per heavy atom.